The van der Waals surface area contributed by atoms with Gasteiger partial charge in [0.15, 0.2) is 18.1 Å². The average molecular weight is 487 g/mol. The average Bonchev–Trinajstić information content (AvgIpc) is 2.81. The summed E-state index contributed by atoms with van der Waals surface area (Å²) in [7, 11) is 1.44. The number of nitrogens with one attached hydrogen (secondary N) is 1. The number of rotatable bonds is 8. The van der Waals surface area contributed by atoms with Crippen molar-refractivity contribution in [2.75, 3.05) is 13.7 Å². The zero-order chi connectivity index (χ0) is 23.8. The maximum absolute atomic E-state index is 12.4. The summed E-state index contributed by atoms with van der Waals surface area (Å²) < 4.78 is 16.2. The summed E-state index contributed by atoms with van der Waals surface area (Å²) in [6.45, 7) is 1.72. The van der Waals surface area contributed by atoms with Gasteiger partial charge in [0.25, 0.3) is 5.91 Å². The summed E-state index contributed by atoms with van der Waals surface area (Å²) in [5.74, 6) is 0.123. The summed E-state index contributed by atoms with van der Waals surface area (Å²) in [6.07, 6.45) is 1.43. The van der Waals surface area contributed by atoms with Gasteiger partial charge < -0.3 is 14.2 Å². The Morgan fingerprint density at radius 3 is 2.48 bits per heavy atom. The molecule has 0 bridgehead atoms. The van der Waals surface area contributed by atoms with Gasteiger partial charge in [-0.2, -0.15) is 5.10 Å². The van der Waals surface area contributed by atoms with Crippen LogP contribution >= 0.6 is 23.2 Å². The van der Waals surface area contributed by atoms with Crippen LogP contribution in [0.25, 0.3) is 0 Å². The lowest BCUT2D eigenvalue weighted by atomic mass is 10.2. The van der Waals surface area contributed by atoms with Crippen molar-refractivity contribution in [2.45, 2.75) is 6.92 Å². The van der Waals surface area contributed by atoms with Crippen LogP contribution in [0.5, 0.6) is 17.2 Å². The molecule has 1 N–H and O–H groups in total. The molecular formula is C24H20Cl2N2O5. The molecule has 0 fully saturated rings. The number of nitrogens with zero attached hydrogens (tertiary/aromatic N) is 1. The number of ether oxygens (including phenoxy) is 3. The first-order chi connectivity index (χ1) is 15.9. The predicted molar refractivity (Wildman–Crippen MR) is 127 cm³/mol. The van der Waals surface area contributed by atoms with E-state index in [1.165, 1.54) is 31.5 Å². The molecule has 0 saturated carbocycles. The lowest BCUT2D eigenvalue weighted by molar-refractivity contribution is -0.123. The number of aryl methyl sites for hydroxylation is 1. The fraction of sp³-hybridized carbons (Fsp3) is 0.125. The van der Waals surface area contributed by atoms with Crippen LogP contribution in [0.1, 0.15) is 21.5 Å². The van der Waals surface area contributed by atoms with Crippen molar-refractivity contribution in [1.82, 2.24) is 5.43 Å². The minimum Gasteiger partial charge on any atom is -0.493 e. The highest BCUT2D eigenvalue weighted by atomic mass is 35.5. The summed E-state index contributed by atoms with van der Waals surface area (Å²) in [5.41, 5.74) is 4.18. The smallest absolute Gasteiger partial charge is 0.343 e. The Morgan fingerprint density at radius 2 is 1.76 bits per heavy atom. The number of hydrazone groups is 1. The number of benzene rings is 3. The number of hydrogen-bond donors (Lipinski definition) is 1. The van der Waals surface area contributed by atoms with Crippen LogP contribution in [0.4, 0.5) is 0 Å². The molecule has 33 heavy (non-hydrogen) atoms. The van der Waals surface area contributed by atoms with Crippen molar-refractivity contribution in [3.05, 3.63) is 87.4 Å². The molecule has 1 amide bonds. The number of carbonyl (C=O) groups is 2. The fourth-order valence-corrected chi connectivity index (χ4v) is 3.00. The predicted octanol–water partition coefficient (Wildman–Crippen LogP) is 5.06. The maximum atomic E-state index is 12.4. The Morgan fingerprint density at radius 1 is 0.970 bits per heavy atom. The van der Waals surface area contributed by atoms with Gasteiger partial charge in [-0.25, -0.2) is 10.2 Å². The van der Waals surface area contributed by atoms with Crippen LogP contribution in [0, 0.1) is 6.92 Å². The van der Waals surface area contributed by atoms with Gasteiger partial charge in [-0.05, 0) is 60.5 Å². The molecule has 0 aliphatic carbocycles. The molecule has 0 heterocycles. The Labute approximate surface area is 200 Å². The van der Waals surface area contributed by atoms with Crippen LogP contribution in [0.2, 0.25) is 10.0 Å². The van der Waals surface area contributed by atoms with Gasteiger partial charge in [-0.1, -0.05) is 41.4 Å². The van der Waals surface area contributed by atoms with Crippen LogP contribution in [-0.2, 0) is 4.79 Å². The molecule has 0 radical (unpaired) electrons. The second kappa shape index (κ2) is 11.4. The van der Waals surface area contributed by atoms with Gasteiger partial charge in [-0.3, -0.25) is 4.79 Å². The third kappa shape index (κ3) is 6.71. The van der Waals surface area contributed by atoms with E-state index in [-0.39, 0.29) is 22.9 Å². The van der Waals surface area contributed by atoms with Crippen LogP contribution < -0.4 is 19.6 Å². The molecule has 3 aromatic carbocycles. The molecule has 0 atom stereocenters. The second-order valence-electron chi connectivity index (χ2n) is 6.78. The Balaban J connectivity index is 1.59. The number of halogens is 2. The van der Waals surface area contributed by atoms with E-state index in [0.29, 0.717) is 22.1 Å². The number of amides is 1. The van der Waals surface area contributed by atoms with E-state index in [4.69, 9.17) is 37.4 Å². The minimum absolute atomic E-state index is 0.172. The fourth-order valence-electron chi connectivity index (χ4n) is 2.70. The van der Waals surface area contributed by atoms with E-state index < -0.39 is 11.9 Å². The van der Waals surface area contributed by atoms with Crippen LogP contribution in [0.15, 0.2) is 65.8 Å². The number of hydrogen-bond acceptors (Lipinski definition) is 6. The highest BCUT2D eigenvalue weighted by molar-refractivity contribution is 6.42. The molecule has 0 aliphatic rings. The Bertz CT molecular complexity index is 1200. The van der Waals surface area contributed by atoms with Crippen molar-refractivity contribution >= 4 is 41.3 Å². The summed E-state index contributed by atoms with van der Waals surface area (Å²) in [4.78, 5) is 24.3. The summed E-state index contributed by atoms with van der Waals surface area (Å²) in [6, 6.07) is 16.7. The maximum Gasteiger partial charge on any atom is 0.343 e. The van der Waals surface area contributed by atoms with Gasteiger partial charge in [0.05, 0.1) is 28.9 Å². The zero-order valence-corrected chi connectivity index (χ0v) is 19.3. The molecule has 7 nitrogen and oxygen atoms in total. The summed E-state index contributed by atoms with van der Waals surface area (Å²) in [5, 5.41) is 4.50. The first-order valence-electron chi connectivity index (χ1n) is 9.73. The first kappa shape index (κ1) is 24.1. The van der Waals surface area contributed by atoms with Crippen LogP contribution in [0.3, 0.4) is 0 Å². The van der Waals surface area contributed by atoms with E-state index in [1.807, 2.05) is 25.1 Å². The molecule has 0 aromatic heterocycles. The molecule has 170 valence electrons. The van der Waals surface area contributed by atoms with Gasteiger partial charge in [0, 0.05) is 0 Å². The van der Waals surface area contributed by atoms with Crippen molar-refractivity contribution in [3.8, 4) is 17.2 Å². The van der Waals surface area contributed by atoms with E-state index in [9.17, 15) is 9.59 Å². The SMILES string of the molecule is COc1cc(/C=N/NC(=O)COc2ccccc2C)ccc1OC(=O)c1ccc(Cl)c(Cl)c1. The van der Waals surface area contributed by atoms with E-state index in [1.54, 1.807) is 24.3 Å². The van der Waals surface area contributed by atoms with Crippen molar-refractivity contribution < 1.29 is 23.8 Å². The standard InChI is InChI=1S/C24H20Cl2N2O5/c1-15-5-3-4-6-20(15)32-14-23(29)28-27-13-16-7-10-21(22(11-16)31-2)33-24(30)17-8-9-18(25)19(26)12-17/h3-13H,14H2,1-2H3,(H,28,29)/b27-13+. The molecule has 3 aromatic rings. The number of esters is 1. The van der Waals surface area contributed by atoms with Gasteiger partial charge in [0.1, 0.15) is 5.75 Å². The number of methoxy groups -OCH3 is 1. The van der Waals surface area contributed by atoms with Gasteiger partial charge in [0.2, 0.25) is 0 Å². The number of para-hydroxylation sites is 1. The van der Waals surface area contributed by atoms with Gasteiger partial charge >= 0.3 is 5.97 Å². The monoisotopic (exact) mass is 486 g/mol. The third-order valence-electron chi connectivity index (χ3n) is 4.40. The third-order valence-corrected chi connectivity index (χ3v) is 5.14. The first-order valence-corrected chi connectivity index (χ1v) is 10.5. The van der Waals surface area contributed by atoms with E-state index >= 15 is 0 Å². The Kier molecular flexibility index (Phi) is 8.29. The molecule has 0 aliphatic heterocycles. The molecule has 0 unspecified atom stereocenters. The molecular weight excluding hydrogens is 467 g/mol. The molecule has 9 heteroatoms. The highest BCUT2D eigenvalue weighted by Gasteiger charge is 2.14. The van der Waals surface area contributed by atoms with Crippen LogP contribution in [-0.4, -0.2) is 31.8 Å². The normalized spacial score (nSPS) is 10.7. The topological polar surface area (TPSA) is 86.2 Å². The second-order valence-corrected chi connectivity index (χ2v) is 7.59. The largest absolute Gasteiger partial charge is 0.493 e. The lowest BCUT2D eigenvalue weighted by Crippen LogP contribution is -2.24. The molecule has 0 spiro atoms. The summed E-state index contributed by atoms with van der Waals surface area (Å²) >= 11 is 11.8. The molecule has 0 saturated heterocycles. The highest BCUT2D eigenvalue weighted by Crippen LogP contribution is 2.29. The van der Waals surface area contributed by atoms with E-state index in [0.717, 1.165) is 5.56 Å². The quantitative estimate of drug-likeness (QED) is 0.208. The minimum atomic E-state index is -0.616. The lowest BCUT2D eigenvalue weighted by Gasteiger charge is -2.10. The Hall–Kier alpha value is -3.55. The van der Waals surface area contributed by atoms with Gasteiger partial charge in [-0.15, -0.1) is 0 Å². The molecule has 3 rings (SSSR count). The van der Waals surface area contributed by atoms with Crippen molar-refractivity contribution in [3.63, 3.8) is 0 Å². The number of carbonyl (C=O) groups excluding carboxylic acids is 2. The zero-order valence-electron chi connectivity index (χ0n) is 17.8. The van der Waals surface area contributed by atoms with Crippen molar-refractivity contribution in [2.24, 2.45) is 5.10 Å². The van der Waals surface area contributed by atoms with E-state index in [2.05, 4.69) is 10.5 Å². The van der Waals surface area contributed by atoms with Crippen molar-refractivity contribution in [1.29, 1.82) is 0 Å².